The predicted octanol–water partition coefficient (Wildman–Crippen LogP) is 3.33. The van der Waals surface area contributed by atoms with Crippen molar-refractivity contribution in [1.29, 1.82) is 0 Å². The molecule has 120 valence electrons. The number of aromatic nitrogens is 1. The van der Waals surface area contributed by atoms with Gasteiger partial charge in [0, 0.05) is 41.4 Å². The molecule has 0 aromatic carbocycles. The van der Waals surface area contributed by atoms with Crippen LogP contribution in [-0.4, -0.2) is 23.9 Å². The molecule has 4 nitrogen and oxygen atoms in total. The van der Waals surface area contributed by atoms with Crippen LogP contribution in [0.3, 0.4) is 0 Å². The largest absolute Gasteiger partial charge is 0.383 e. The average Bonchev–Trinajstić information content (AvgIpc) is 2.86. The number of methoxy groups -OCH3 is 1. The van der Waals surface area contributed by atoms with Gasteiger partial charge >= 0.3 is 0 Å². The predicted molar refractivity (Wildman–Crippen MR) is 98.4 cm³/mol. The molecule has 1 atom stereocenters. The number of ether oxygens (including phenoxy) is 1. The molecule has 0 radical (unpaired) electrons. The number of hydrogen-bond donors (Lipinski definition) is 0. The number of rotatable bonds is 2. The minimum Gasteiger partial charge on any atom is -0.383 e. The third-order valence-corrected chi connectivity index (χ3v) is 5.93. The highest BCUT2D eigenvalue weighted by Crippen LogP contribution is 2.45. The summed E-state index contributed by atoms with van der Waals surface area (Å²) in [5.74, 6) is 5.94. The number of halogens is 2. The first-order chi connectivity index (χ1) is 11.5. The van der Waals surface area contributed by atoms with E-state index in [-0.39, 0.29) is 17.8 Å². The fourth-order valence-electron chi connectivity index (χ4n) is 3.51. The molecule has 0 saturated carbocycles. The Morgan fingerprint density at radius 3 is 2.88 bits per heavy atom. The van der Waals surface area contributed by atoms with Crippen molar-refractivity contribution in [2.24, 2.45) is 0 Å². The standard InChI is InChI=1S/C18H11Br2NO3/c1-24-9-18-6-4-2-3-5-11-14(20)16(17(18)23)21-13(18)8-10(22)7-12(19)15(11)21/h3,5,7-8H,6,9H2,1H3/b5-3-. The first kappa shape index (κ1) is 15.8. The molecule has 1 unspecified atom stereocenters. The van der Waals surface area contributed by atoms with Gasteiger partial charge in [0.15, 0.2) is 11.2 Å². The Hall–Kier alpha value is -1.68. The van der Waals surface area contributed by atoms with Gasteiger partial charge in [-0.25, -0.2) is 0 Å². The first-order valence-electron chi connectivity index (χ1n) is 7.28. The summed E-state index contributed by atoms with van der Waals surface area (Å²) in [5, 5.41) is 0. The minimum absolute atomic E-state index is 0.0745. The lowest BCUT2D eigenvalue weighted by molar-refractivity contribution is 0.0751. The summed E-state index contributed by atoms with van der Waals surface area (Å²) in [6, 6.07) is 3.05. The van der Waals surface area contributed by atoms with Gasteiger partial charge in [0.05, 0.1) is 16.6 Å². The number of Topliss-reactive ketones (excluding diaryl/α,β-unsaturated/α-hetero) is 1. The maximum absolute atomic E-state index is 13.3. The zero-order valence-corrected chi connectivity index (χ0v) is 15.8. The Morgan fingerprint density at radius 1 is 1.33 bits per heavy atom. The SMILES string of the molecule is COCC12CC#C/C=C\c3c(Br)c(n4c1cc(=O)cc(Br)c34)C2=O. The second-order valence-corrected chi connectivity index (χ2v) is 7.51. The molecule has 4 heterocycles. The van der Waals surface area contributed by atoms with Crippen molar-refractivity contribution < 1.29 is 9.53 Å². The topological polar surface area (TPSA) is 47.8 Å². The van der Waals surface area contributed by atoms with E-state index in [0.29, 0.717) is 26.8 Å². The van der Waals surface area contributed by atoms with Crippen molar-refractivity contribution in [3.63, 3.8) is 0 Å². The van der Waals surface area contributed by atoms with Gasteiger partial charge in [-0.05, 0) is 44.0 Å². The lowest BCUT2D eigenvalue weighted by Crippen LogP contribution is -2.37. The Kier molecular flexibility index (Phi) is 3.57. The number of nitrogens with zero attached hydrogens (tertiary/aromatic N) is 1. The van der Waals surface area contributed by atoms with E-state index in [1.54, 1.807) is 13.2 Å². The molecule has 2 aliphatic rings. The second-order valence-electron chi connectivity index (χ2n) is 5.86. The van der Waals surface area contributed by atoms with E-state index >= 15 is 0 Å². The molecule has 6 heteroatoms. The lowest BCUT2D eigenvalue weighted by Gasteiger charge is -2.25. The van der Waals surface area contributed by atoms with E-state index in [1.807, 2.05) is 10.5 Å². The smallest absolute Gasteiger partial charge is 0.196 e. The molecule has 0 fully saturated rings. The molecule has 5 bridgehead atoms. The molecule has 2 aromatic heterocycles. The van der Waals surface area contributed by atoms with Crippen LogP contribution in [0.25, 0.3) is 11.6 Å². The van der Waals surface area contributed by atoms with Crippen molar-refractivity contribution in [2.75, 3.05) is 13.7 Å². The Morgan fingerprint density at radius 2 is 2.12 bits per heavy atom. The van der Waals surface area contributed by atoms with Crippen LogP contribution in [0.4, 0.5) is 0 Å². The van der Waals surface area contributed by atoms with Crippen LogP contribution in [0.2, 0.25) is 0 Å². The van der Waals surface area contributed by atoms with Crippen LogP contribution >= 0.6 is 31.9 Å². The van der Waals surface area contributed by atoms with Gasteiger partial charge in [0.1, 0.15) is 11.1 Å². The molecular weight excluding hydrogens is 438 g/mol. The maximum atomic E-state index is 13.3. The third kappa shape index (κ3) is 1.89. The second kappa shape index (κ2) is 5.41. The zero-order valence-electron chi connectivity index (χ0n) is 12.7. The number of carbonyl (C=O) groups is 1. The molecule has 4 rings (SSSR count). The van der Waals surface area contributed by atoms with Crippen LogP contribution in [0.1, 0.15) is 28.2 Å². The molecule has 0 aliphatic carbocycles. The summed E-state index contributed by atoms with van der Waals surface area (Å²) in [6.45, 7) is 0.170. The monoisotopic (exact) mass is 447 g/mol. The van der Waals surface area contributed by atoms with Gasteiger partial charge in [-0.3, -0.25) is 9.59 Å². The van der Waals surface area contributed by atoms with Gasteiger partial charge in [-0.1, -0.05) is 11.8 Å². The minimum atomic E-state index is -0.973. The van der Waals surface area contributed by atoms with Gasteiger partial charge in [0.2, 0.25) is 0 Å². The summed E-state index contributed by atoms with van der Waals surface area (Å²) in [4.78, 5) is 25.7. The van der Waals surface area contributed by atoms with Gasteiger partial charge < -0.3 is 9.14 Å². The van der Waals surface area contributed by atoms with Crippen molar-refractivity contribution >= 4 is 49.2 Å². The summed E-state index contributed by atoms with van der Waals surface area (Å²) in [7, 11) is 1.55. The molecule has 2 aliphatic heterocycles. The summed E-state index contributed by atoms with van der Waals surface area (Å²) < 4.78 is 8.59. The first-order valence-corrected chi connectivity index (χ1v) is 8.87. The van der Waals surface area contributed by atoms with Crippen molar-refractivity contribution in [3.8, 4) is 11.8 Å². The average molecular weight is 449 g/mol. The summed E-state index contributed by atoms with van der Waals surface area (Å²) >= 11 is 7.06. The normalized spacial score (nSPS) is 22.0. The van der Waals surface area contributed by atoms with Crippen LogP contribution < -0.4 is 5.43 Å². The Bertz CT molecular complexity index is 1070. The van der Waals surface area contributed by atoms with Crippen LogP contribution in [0.15, 0.2) is 31.9 Å². The quantitative estimate of drug-likeness (QED) is 0.662. The summed E-state index contributed by atoms with van der Waals surface area (Å²) in [6.07, 6.45) is 3.92. The van der Waals surface area contributed by atoms with Crippen LogP contribution in [0, 0.1) is 11.8 Å². The number of hydrogen-bond acceptors (Lipinski definition) is 3. The van der Waals surface area contributed by atoms with E-state index in [0.717, 1.165) is 11.1 Å². The molecule has 0 amide bonds. The van der Waals surface area contributed by atoms with Crippen LogP contribution in [0.5, 0.6) is 0 Å². The highest BCUT2D eigenvalue weighted by atomic mass is 79.9. The molecule has 24 heavy (non-hydrogen) atoms. The van der Waals surface area contributed by atoms with E-state index in [9.17, 15) is 9.59 Å². The number of ketones is 1. The summed E-state index contributed by atoms with van der Waals surface area (Å²) in [5.41, 5.74) is 1.63. The van der Waals surface area contributed by atoms with E-state index in [2.05, 4.69) is 43.7 Å². The number of carbonyl (C=O) groups excluding carboxylic acids is 1. The highest BCUT2D eigenvalue weighted by molar-refractivity contribution is 9.11. The van der Waals surface area contributed by atoms with Crippen molar-refractivity contribution in [2.45, 2.75) is 11.8 Å². The lowest BCUT2D eigenvalue weighted by atomic mass is 9.78. The molecule has 0 N–H and O–H groups in total. The number of allylic oxidation sites excluding steroid dienone is 1. The highest BCUT2D eigenvalue weighted by Gasteiger charge is 2.50. The van der Waals surface area contributed by atoms with Crippen molar-refractivity contribution in [3.05, 3.63) is 54.3 Å². The third-order valence-electron chi connectivity index (χ3n) is 4.52. The van der Waals surface area contributed by atoms with Gasteiger partial charge in [-0.15, -0.1) is 0 Å². The zero-order chi connectivity index (χ0) is 17.1. The molecular formula is C18H11Br2NO3. The van der Waals surface area contributed by atoms with Crippen LogP contribution in [-0.2, 0) is 10.2 Å². The van der Waals surface area contributed by atoms with E-state index in [1.165, 1.54) is 12.1 Å². The van der Waals surface area contributed by atoms with Gasteiger partial charge in [-0.2, -0.15) is 0 Å². The molecule has 0 spiro atoms. The van der Waals surface area contributed by atoms with E-state index in [4.69, 9.17) is 4.74 Å². The van der Waals surface area contributed by atoms with Crippen molar-refractivity contribution in [1.82, 2.24) is 4.40 Å². The Balaban J connectivity index is 2.32. The Labute approximate surface area is 154 Å². The molecule has 0 saturated heterocycles. The van der Waals surface area contributed by atoms with E-state index < -0.39 is 5.41 Å². The van der Waals surface area contributed by atoms with Gasteiger partial charge in [0.25, 0.3) is 0 Å². The maximum Gasteiger partial charge on any atom is 0.196 e. The fourth-order valence-corrected chi connectivity index (χ4v) is 4.81. The fraction of sp³-hybridized carbons (Fsp3) is 0.222. The molecule has 2 aromatic rings.